The molecule has 0 saturated carbocycles. The lowest BCUT2D eigenvalue weighted by Crippen LogP contribution is -2.37. The maximum atomic E-state index is 12.9. The van der Waals surface area contributed by atoms with Gasteiger partial charge in [-0.15, -0.1) is 0 Å². The SMILES string of the molecule is C[C@H](OC(=O)c1ccccc1[N+](=O)[O-])C(=O)N[C@H](C)c1ccc(F)cc1. The van der Waals surface area contributed by atoms with Crippen LogP contribution in [-0.2, 0) is 9.53 Å². The lowest BCUT2D eigenvalue weighted by molar-refractivity contribution is -0.385. The minimum Gasteiger partial charge on any atom is -0.449 e. The summed E-state index contributed by atoms with van der Waals surface area (Å²) < 4.78 is 18.0. The van der Waals surface area contributed by atoms with Crippen LogP contribution in [-0.4, -0.2) is 22.9 Å². The molecule has 0 aliphatic carbocycles. The van der Waals surface area contributed by atoms with Gasteiger partial charge in [0.25, 0.3) is 11.6 Å². The number of halogens is 1. The largest absolute Gasteiger partial charge is 0.449 e. The number of nitrogens with one attached hydrogen (secondary N) is 1. The lowest BCUT2D eigenvalue weighted by atomic mass is 10.1. The fourth-order valence-corrected chi connectivity index (χ4v) is 2.25. The predicted octanol–water partition coefficient (Wildman–Crippen LogP) is 3.16. The molecule has 0 unspecified atom stereocenters. The topological polar surface area (TPSA) is 98.5 Å². The summed E-state index contributed by atoms with van der Waals surface area (Å²) in [6.45, 7) is 3.06. The molecule has 2 aromatic carbocycles. The second-order valence-corrected chi connectivity index (χ2v) is 5.60. The van der Waals surface area contributed by atoms with Gasteiger partial charge in [-0.2, -0.15) is 0 Å². The van der Waals surface area contributed by atoms with Crippen molar-refractivity contribution in [2.45, 2.75) is 26.0 Å². The Bertz CT molecular complexity index is 823. The maximum Gasteiger partial charge on any atom is 0.345 e. The molecule has 0 heterocycles. The van der Waals surface area contributed by atoms with Gasteiger partial charge >= 0.3 is 5.97 Å². The van der Waals surface area contributed by atoms with Crippen molar-refractivity contribution < 1.29 is 23.6 Å². The van der Waals surface area contributed by atoms with Gasteiger partial charge in [0.05, 0.1) is 11.0 Å². The van der Waals surface area contributed by atoms with E-state index in [1.54, 1.807) is 6.92 Å². The molecule has 0 aliphatic rings. The highest BCUT2D eigenvalue weighted by atomic mass is 19.1. The van der Waals surface area contributed by atoms with E-state index >= 15 is 0 Å². The summed E-state index contributed by atoms with van der Waals surface area (Å²) in [6.07, 6.45) is -1.16. The van der Waals surface area contributed by atoms with Gasteiger partial charge in [0.2, 0.25) is 0 Å². The van der Waals surface area contributed by atoms with Gasteiger partial charge < -0.3 is 10.1 Å². The van der Waals surface area contributed by atoms with Gasteiger partial charge in [-0.25, -0.2) is 9.18 Å². The minimum atomic E-state index is -1.16. The third-order valence-corrected chi connectivity index (χ3v) is 3.70. The number of nitro groups is 1. The summed E-state index contributed by atoms with van der Waals surface area (Å²) in [5, 5.41) is 13.6. The standard InChI is InChI=1S/C18H17FN2O5/c1-11(13-7-9-14(19)10-8-13)20-17(22)12(2)26-18(23)15-5-3-4-6-16(15)21(24)25/h3-12H,1-2H3,(H,20,22)/t11-,12+/m1/s1. The third-order valence-electron chi connectivity index (χ3n) is 3.70. The molecule has 1 amide bonds. The van der Waals surface area contributed by atoms with Crippen LogP contribution in [0.4, 0.5) is 10.1 Å². The monoisotopic (exact) mass is 360 g/mol. The number of hydrogen-bond donors (Lipinski definition) is 1. The summed E-state index contributed by atoms with van der Waals surface area (Å²) in [5.41, 5.74) is 0.0468. The maximum absolute atomic E-state index is 12.9. The number of benzene rings is 2. The molecule has 0 radical (unpaired) electrons. The minimum absolute atomic E-state index is 0.233. The van der Waals surface area contributed by atoms with Crippen molar-refractivity contribution in [3.05, 3.63) is 75.6 Å². The van der Waals surface area contributed by atoms with E-state index in [9.17, 15) is 24.1 Å². The molecule has 2 rings (SSSR count). The van der Waals surface area contributed by atoms with Gasteiger partial charge in [0.15, 0.2) is 6.10 Å². The fourth-order valence-electron chi connectivity index (χ4n) is 2.25. The van der Waals surface area contributed by atoms with E-state index in [-0.39, 0.29) is 11.4 Å². The first-order valence-corrected chi connectivity index (χ1v) is 7.80. The second-order valence-electron chi connectivity index (χ2n) is 5.60. The molecule has 26 heavy (non-hydrogen) atoms. The zero-order chi connectivity index (χ0) is 19.3. The average molecular weight is 360 g/mol. The Morgan fingerprint density at radius 3 is 2.35 bits per heavy atom. The van der Waals surface area contributed by atoms with Crippen molar-refractivity contribution in [3.63, 3.8) is 0 Å². The van der Waals surface area contributed by atoms with E-state index in [2.05, 4.69) is 5.32 Å². The van der Waals surface area contributed by atoms with Gasteiger partial charge in [0, 0.05) is 6.07 Å². The molecular formula is C18H17FN2O5. The molecule has 0 saturated heterocycles. The number of rotatable bonds is 6. The smallest absolute Gasteiger partial charge is 0.345 e. The van der Waals surface area contributed by atoms with E-state index in [1.807, 2.05) is 0 Å². The number of esters is 1. The van der Waals surface area contributed by atoms with Crippen molar-refractivity contribution >= 4 is 17.6 Å². The number of ether oxygens (including phenoxy) is 1. The highest BCUT2D eigenvalue weighted by molar-refractivity contribution is 5.95. The van der Waals surface area contributed by atoms with E-state index in [1.165, 1.54) is 55.5 Å². The van der Waals surface area contributed by atoms with E-state index in [4.69, 9.17) is 4.74 Å². The molecule has 0 spiro atoms. The highest BCUT2D eigenvalue weighted by Crippen LogP contribution is 2.19. The summed E-state index contributed by atoms with van der Waals surface area (Å²) in [7, 11) is 0. The van der Waals surface area contributed by atoms with Gasteiger partial charge in [0.1, 0.15) is 11.4 Å². The number of amides is 1. The zero-order valence-electron chi connectivity index (χ0n) is 14.1. The number of nitrogens with zero attached hydrogens (tertiary/aromatic N) is 1. The number of para-hydroxylation sites is 1. The Balaban J connectivity index is 2.01. The number of carbonyl (C=O) groups is 2. The van der Waals surface area contributed by atoms with Crippen LogP contribution in [0, 0.1) is 15.9 Å². The summed E-state index contributed by atoms with van der Waals surface area (Å²) in [6, 6.07) is 10.5. The van der Waals surface area contributed by atoms with E-state index < -0.39 is 34.6 Å². The summed E-state index contributed by atoms with van der Waals surface area (Å²) in [5.74, 6) is -1.93. The first kappa shape index (κ1) is 19.0. The quantitative estimate of drug-likeness (QED) is 0.485. The molecule has 0 fully saturated rings. The van der Waals surface area contributed by atoms with Gasteiger partial charge in [-0.3, -0.25) is 14.9 Å². The van der Waals surface area contributed by atoms with Gasteiger partial charge in [-0.05, 0) is 37.6 Å². The van der Waals surface area contributed by atoms with Crippen LogP contribution >= 0.6 is 0 Å². The third kappa shape index (κ3) is 4.62. The average Bonchev–Trinajstić information content (AvgIpc) is 2.61. The molecule has 2 aromatic rings. The van der Waals surface area contributed by atoms with Crippen molar-refractivity contribution in [2.24, 2.45) is 0 Å². The molecule has 0 aliphatic heterocycles. The molecule has 136 valence electrons. The molecule has 7 nitrogen and oxygen atoms in total. The first-order chi connectivity index (χ1) is 12.3. The van der Waals surface area contributed by atoms with Crippen molar-refractivity contribution in [1.29, 1.82) is 0 Å². The van der Waals surface area contributed by atoms with Gasteiger partial charge in [-0.1, -0.05) is 24.3 Å². The Morgan fingerprint density at radius 1 is 1.12 bits per heavy atom. The number of nitro benzene ring substituents is 1. The molecule has 0 bridgehead atoms. The summed E-state index contributed by atoms with van der Waals surface area (Å²) >= 11 is 0. The van der Waals surface area contributed by atoms with Crippen LogP contribution in [0.3, 0.4) is 0 Å². The lowest BCUT2D eigenvalue weighted by Gasteiger charge is -2.18. The van der Waals surface area contributed by atoms with Crippen LogP contribution in [0.15, 0.2) is 48.5 Å². The Labute approximate surface area is 148 Å². The molecular weight excluding hydrogens is 343 g/mol. The normalized spacial score (nSPS) is 12.7. The molecule has 1 N–H and O–H groups in total. The Hall–Kier alpha value is -3.29. The van der Waals surface area contributed by atoms with Crippen molar-refractivity contribution in [3.8, 4) is 0 Å². The molecule has 8 heteroatoms. The van der Waals surface area contributed by atoms with E-state index in [0.717, 1.165) is 0 Å². The van der Waals surface area contributed by atoms with Crippen LogP contribution < -0.4 is 5.32 Å². The van der Waals surface area contributed by atoms with Crippen LogP contribution in [0.5, 0.6) is 0 Å². The fraction of sp³-hybridized carbons (Fsp3) is 0.222. The Kier molecular flexibility index (Phi) is 6.00. The van der Waals surface area contributed by atoms with Crippen molar-refractivity contribution in [2.75, 3.05) is 0 Å². The van der Waals surface area contributed by atoms with Crippen LogP contribution in [0.1, 0.15) is 35.8 Å². The predicted molar refractivity (Wildman–Crippen MR) is 90.9 cm³/mol. The molecule has 0 aromatic heterocycles. The Morgan fingerprint density at radius 2 is 1.73 bits per heavy atom. The summed E-state index contributed by atoms with van der Waals surface area (Å²) in [4.78, 5) is 34.6. The molecule has 2 atom stereocenters. The zero-order valence-corrected chi connectivity index (χ0v) is 14.1. The van der Waals surface area contributed by atoms with E-state index in [0.29, 0.717) is 5.56 Å². The number of hydrogen-bond acceptors (Lipinski definition) is 5. The van der Waals surface area contributed by atoms with Crippen molar-refractivity contribution in [1.82, 2.24) is 5.32 Å². The van der Waals surface area contributed by atoms with Crippen LogP contribution in [0.25, 0.3) is 0 Å². The van der Waals surface area contributed by atoms with Crippen LogP contribution in [0.2, 0.25) is 0 Å². The highest BCUT2D eigenvalue weighted by Gasteiger charge is 2.25. The second kappa shape index (κ2) is 8.19. The number of carbonyl (C=O) groups excluding carboxylic acids is 2. The first-order valence-electron chi connectivity index (χ1n) is 7.80.